The SMILES string of the molecule is CC(=O)S[C@H]1[C@@H](NC(=O)COc2ccccc2)C(=O)N1C(C(=O)OC(C)(C)C)=P(c1ccccc1)(c1ccccc1)c1ccccc1. The first kappa shape index (κ1) is 33.8. The number of nitrogens with zero attached hydrogens (tertiary/aromatic N) is 1. The summed E-state index contributed by atoms with van der Waals surface area (Å²) in [5.41, 5.74) is -0.771. The minimum absolute atomic E-state index is 0.130. The van der Waals surface area contributed by atoms with E-state index in [-0.39, 0.29) is 17.1 Å². The number of carbonyl (C=O) groups is 4. The second kappa shape index (κ2) is 14.4. The lowest BCUT2D eigenvalue weighted by atomic mass is 10.1. The molecule has 1 N–H and O–H groups in total. The van der Waals surface area contributed by atoms with Crippen molar-refractivity contribution >= 4 is 62.9 Å². The molecule has 1 aliphatic rings. The van der Waals surface area contributed by atoms with E-state index < -0.39 is 41.7 Å². The number of carbonyl (C=O) groups excluding carboxylic acids is 4. The van der Waals surface area contributed by atoms with Crippen molar-refractivity contribution in [1.29, 1.82) is 0 Å². The number of amides is 2. The summed E-state index contributed by atoms with van der Waals surface area (Å²) in [6.07, 6.45) is 0. The minimum Gasteiger partial charge on any atom is -0.484 e. The van der Waals surface area contributed by atoms with Crippen LogP contribution >= 0.6 is 18.6 Å². The van der Waals surface area contributed by atoms with E-state index in [0.29, 0.717) is 5.75 Å². The monoisotopic (exact) mass is 668 g/mol. The van der Waals surface area contributed by atoms with E-state index in [2.05, 4.69) is 5.32 Å². The summed E-state index contributed by atoms with van der Waals surface area (Å²) in [5, 5.41) is 4.02. The van der Waals surface area contributed by atoms with Crippen molar-refractivity contribution in [3.8, 4) is 5.75 Å². The zero-order chi connectivity index (χ0) is 33.6. The van der Waals surface area contributed by atoms with Crippen molar-refractivity contribution in [3.05, 3.63) is 121 Å². The maximum atomic E-state index is 14.7. The molecule has 0 saturated carbocycles. The molecule has 5 rings (SSSR count). The Balaban J connectivity index is 1.73. The summed E-state index contributed by atoms with van der Waals surface area (Å²) in [4.78, 5) is 56.2. The zero-order valence-electron chi connectivity index (χ0n) is 26.7. The number of hydrogen-bond donors (Lipinski definition) is 1. The van der Waals surface area contributed by atoms with Crippen LogP contribution in [0.4, 0.5) is 0 Å². The van der Waals surface area contributed by atoms with E-state index in [0.717, 1.165) is 27.7 Å². The molecule has 1 saturated heterocycles. The molecule has 0 radical (unpaired) electrons. The van der Waals surface area contributed by atoms with Gasteiger partial charge in [0.1, 0.15) is 28.2 Å². The molecule has 2 atom stereocenters. The lowest BCUT2D eigenvalue weighted by molar-refractivity contribution is -0.151. The predicted molar refractivity (Wildman–Crippen MR) is 189 cm³/mol. The molecule has 10 heteroatoms. The molecule has 242 valence electrons. The van der Waals surface area contributed by atoms with Gasteiger partial charge in [-0.2, -0.15) is 0 Å². The molecule has 0 aromatic heterocycles. The molecule has 47 heavy (non-hydrogen) atoms. The Labute approximate surface area is 279 Å². The van der Waals surface area contributed by atoms with Gasteiger partial charge in [-0.3, -0.25) is 19.3 Å². The summed E-state index contributed by atoms with van der Waals surface area (Å²) < 4.78 is 11.7. The fraction of sp³-hybridized carbons (Fsp3) is 0.216. The first-order chi connectivity index (χ1) is 22.5. The Bertz CT molecular complexity index is 1690. The summed E-state index contributed by atoms with van der Waals surface area (Å²) >= 11 is 0.883. The largest absolute Gasteiger partial charge is 0.484 e. The maximum Gasteiger partial charge on any atom is 0.356 e. The van der Waals surface area contributed by atoms with E-state index in [4.69, 9.17) is 9.47 Å². The fourth-order valence-electron chi connectivity index (χ4n) is 5.48. The van der Waals surface area contributed by atoms with Gasteiger partial charge >= 0.3 is 5.97 Å². The lowest BCUT2D eigenvalue weighted by Crippen LogP contribution is -2.73. The van der Waals surface area contributed by atoms with Gasteiger partial charge in [0, 0.05) is 13.8 Å². The quantitative estimate of drug-likeness (QED) is 0.151. The number of ether oxygens (including phenoxy) is 2. The molecule has 8 nitrogen and oxygen atoms in total. The van der Waals surface area contributed by atoms with Crippen LogP contribution in [0.15, 0.2) is 121 Å². The Morgan fingerprint density at radius 2 is 1.21 bits per heavy atom. The van der Waals surface area contributed by atoms with Gasteiger partial charge in [-0.25, -0.2) is 4.79 Å². The number of β-lactam (4-membered cyclic amide) rings is 1. The molecule has 1 aliphatic heterocycles. The molecule has 0 unspecified atom stereocenters. The molecular formula is C37H37N2O6PS. The smallest absolute Gasteiger partial charge is 0.356 e. The summed E-state index contributed by atoms with van der Waals surface area (Å²) in [7, 11) is 0. The Kier molecular flexibility index (Phi) is 10.4. The van der Waals surface area contributed by atoms with Crippen molar-refractivity contribution in [3.63, 3.8) is 0 Å². The highest BCUT2D eigenvalue weighted by Crippen LogP contribution is 2.49. The highest BCUT2D eigenvalue weighted by Gasteiger charge is 2.55. The van der Waals surface area contributed by atoms with Gasteiger partial charge < -0.3 is 14.8 Å². The Hall–Kier alpha value is -4.59. The average Bonchev–Trinajstić information content (AvgIpc) is 3.06. The van der Waals surface area contributed by atoms with Gasteiger partial charge in [-0.1, -0.05) is 121 Å². The molecule has 4 aromatic carbocycles. The topological polar surface area (TPSA) is 102 Å². The highest BCUT2D eigenvalue weighted by molar-refractivity contribution is 8.14. The van der Waals surface area contributed by atoms with Crippen molar-refractivity contribution < 1.29 is 28.7 Å². The number of para-hydroxylation sites is 1. The summed E-state index contributed by atoms with van der Waals surface area (Å²) in [6, 6.07) is 36.6. The number of likely N-dealkylation sites (tertiary alicyclic amines) is 1. The van der Waals surface area contributed by atoms with E-state index in [1.807, 2.05) is 97.1 Å². The van der Waals surface area contributed by atoms with Gasteiger partial charge in [-0.15, -0.1) is 0 Å². The van der Waals surface area contributed by atoms with Crippen molar-refractivity contribution in [2.24, 2.45) is 0 Å². The number of benzene rings is 4. The van der Waals surface area contributed by atoms with Crippen LogP contribution in [0.3, 0.4) is 0 Å². The van der Waals surface area contributed by atoms with E-state index >= 15 is 0 Å². The first-order valence-electron chi connectivity index (χ1n) is 15.2. The first-order valence-corrected chi connectivity index (χ1v) is 17.8. The van der Waals surface area contributed by atoms with Crippen LogP contribution < -0.4 is 26.0 Å². The third-order valence-corrected chi connectivity index (χ3v) is 12.6. The predicted octanol–water partition coefficient (Wildman–Crippen LogP) is 4.46. The minimum atomic E-state index is -3.17. The summed E-state index contributed by atoms with van der Waals surface area (Å²) in [5.74, 6) is -1.23. The molecule has 1 fully saturated rings. The van der Waals surface area contributed by atoms with Crippen LogP contribution in [-0.2, 0) is 23.9 Å². The van der Waals surface area contributed by atoms with E-state index in [9.17, 15) is 19.2 Å². The number of hydrogen-bond acceptors (Lipinski definition) is 7. The third-order valence-electron chi connectivity index (χ3n) is 7.32. The molecule has 0 bridgehead atoms. The number of thioether (sulfide) groups is 1. The number of nitrogens with one attached hydrogen (secondary N) is 1. The maximum absolute atomic E-state index is 14.7. The molecule has 4 aromatic rings. The van der Waals surface area contributed by atoms with Crippen LogP contribution in [0.25, 0.3) is 0 Å². The second-order valence-electron chi connectivity index (χ2n) is 11.9. The van der Waals surface area contributed by atoms with Gasteiger partial charge in [0.05, 0.1) is 0 Å². The van der Waals surface area contributed by atoms with Crippen molar-refractivity contribution in [1.82, 2.24) is 10.2 Å². The number of rotatable bonds is 10. The van der Waals surface area contributed by atoms with Crippen LogP contribution in [-0.4, -0.2) is 56.8 Å². The van der Waals surface area contributed by atoms with Crippen LogP contribution in [0, 0.1) is 0 Å². The molecule has 0 aliphatic carbocycles. The summed E-state index contributed by atoms with van der Waals surface area (Å²) in [6.45, 7) is 3.20. The average molecular weight is 669 g/mol. The van der Waals surface area contributed by atoms with Crippen LogP contribution in [0.2, 0.25) is 0 Å². The fourth-order valence-corrected chi connectivity index (χ4v) is 10.9. The van der Waals surface area contributed by atoms with Gasteiger partial charge in [-0.05, 0) is 48.8 Å². The lowest BCUT2D eigenvalue weighted by Gasteiger charge is -2.49. The normalized spacial score (nSPS) is 16.1. The van der Waals surface area contributed by atoms with E-state index in [1.165, 1.54) is 11.8 Å². The zero-order valence-corrected chi connectivity index (χ0v) is 28.4. The van der Waals surface area contributed by atoms with Gasteiger partial charge in [0.2, 0.25) is 0 Å². The third kappa shape index (κ3) is 7.37. The second-order valence-corrected chi connectivity index (χ2v) is 16.5. The molecule has 1 heterocycles. The van der Waals surface area contributed by atoms with Crippen LogP contribution in [0.5, 0.6) is 5.75 Å². The Morgan fingerprint density at radius 3 is 1.64 bits per heavy atom. The Morgan fingerprint density at radius 1 is 0.766 bits per heavy atom. The van der Waals surface area contributed by atoms with Crippen molar-refractivity contribution in [2.45, 2.75) is 44.7 Å². The standard InChI is InChI=1S/C37H37N2O6PS/c1-26(40)47-35-32(38-31(41)25-44-27-17-9-5-10-18-27)33(42)39(35)34(36(43)45-37(2,3)4)46(28-19-11-6-12-20-28,29-21-13-7-14-22-29)30-23-15-8-16-24-30/h5-24,32,35H,25H2,1-4H3,(H,38,41)/t32-,35-/m0/s1. The molecular weight excluding hydrogens is 631 g/mol. The molecule has 2 amide bonds. The highest BCUT2D eigenvalue weighted by atomic mass is 32.2. The van der Waals surface area contributed by atoms with Crippen LogP contribution in [0.1, 0.15) is 27.7 Å². The van der Waals surface area contributed by atoms with E-state index in [1.54, 1.807) is 45.0 Å². The van der Waals surface area contributed by atoms with Gasteiger partial charge in [0.15, 0.2) is 11.7 Å². The number of esters is 1. The van der Waals surface area contributed by atoms with Crippen molar-refractivity contribution in [2.75, 3.05) is 6.61 Å². The molecule has 0 spiro atoms. The van der Waals surface area contributed by atoms with Gasteiger partial charge in [0.25, 0.3) is 11.8 Å².